The molecule has 7 heteroatoms. The van der Waals surface area contributed by atoms with E-state index < -0.39 is 0 Å². The van der Waals surface area contributed by atoms with Gasteiger partial charge in [-0.3, -0.25) is 4.79 Å². The van der Waals surface area contributed by atoms with Crippen LogP contribution >= 0.6 is 0 Å². The van der Waals surface area contributed by atoms with Gasteiger partial charge >= 0.3 is 0 Å². The zero-order valence-electron chi connectivity index (χ0n) is 16.4. The van der Waals surface area contributed by atoms with E-state index >= 15 is 0 Å². The molecule has 146 valence electrons. The summed E-state index contributed by atoms with van der Waals surface area (Å²) < 4.78 is 1.85. The number of carbonyl (C=O) groups is 1. The third-order valence-electron chi connectivity index (χ3n) is 5.93. The van der Waals surface area contributed by atoms with Crippen LogP contribution in [-0.2, 0) is 4.79 Å². The summed E-state index contributed by atoms with van der Waals surface area (Å²) in [5, 5.41) is 16.5. The molecule has 2 aromatic rings. The minimum atomic E-state index is 0.132. The van der Waals surface area contributed by atoms with Crippen molar-refractivity contribution in [3.8, 4) is 0 Å². The molecule has 0 spiro atoms. The highest BCUT2D eigenvalue weighted by atomic mass is 16.1. The first-order chi connectivity index (χ1) is 13.1. The van der Waals surface area contributed by atoms with Gasteiger partial charge in [-0.2, -0.15) is 4.52 Å². The van der Waals surface area contributed by atoms with Crippen molar-refractivity contribution in [2.45, 2.75) is 70.8 Å². The van der Waals surface area contributed by atoms with Crippen LogP contribution in [0.5, 0.6) is 0 Å². The molecule has 0 unspecified atom stereocenters. The van der Waals surface area contributed by atoms with Crippen molar-refractivity contribution in [2.75, 3.05) is 18.0 Å². The van der Waals surface area contributed by atoms with Crippen LogP contribution in [0.2, 0.25) is 0 Å². The number of piperidine rings is 1. The van der Waals surface area contributed by atoms with Crippen LogP contribution in [0, 0.1) is 5.92 Å². The van der Waals surface area contributed by atoms with Gasteiger partial charge in [0.2, 0.25) is 5.91 Å². The van der Waals surface area contributed by atoms with Crippen molar-refractivity contribution in [1.29, 1.82) is 0 Å². The molecule has 3 heterocycles. The maximum atomic E-state index is 12.6. The van der Waals surface area contributed by atoms with Crippen molar-refractivity contribution in [3.63, 3.8) is 0 Å². The van der Waals surface area contributed by atoms with Crippen molar-refractivity contribution in [2.24, 2.45) is 5.92 Å². The largest absolute Gasteiger partial charge is 0.355 e. The Hall–Kier alpha value is -2.18. The van der Waals surface area contributed by atoms with E-state index in [0.717, 1.165) is 56.1 Å². The molecule has 1 saturated heterocycles. The SMILES string of the molecule is CC(C)c1nnc2ccc(N3CCC(C(=O)NC4CCCCC4)CC3)nn12. The zero-order chi connectivity index (χ0) is 18.8. The molecule has 2 aliphatic rings. The van der Waals surface area contributed by atoms with Gasteiger partial charge in [0, 0.05) is 31.0 Å². The van der Waals surface area contributed by atoms with E-state index in [4.69, 9.17) is 5.10 Å². The molecule has 0 bridgehead atoms. The summed E-state index contributed by atoms with van der Waals surface area (Å²) >= 11 is 0. The number of amides is 1. The molecule has 1 aliphatic carbocycles. The Kier molecular flexibility index (Phi) is 5.27. The molecule has 0 radical (unpaired) electrons. The number of rotatable bonds is 4. The first-order valence-electron chi connectivity index (χ1n) is 10.4. The molecule has 7 nitrogen and oxygen atoms in total. The van der Waals surface area contributed by atoms with Crippen molar-refractivity contribution < 1.29 is 4.79 Å². The predicted octanol–water partition coefficient (Wildman–Crippen LogP) is 2.91. The third-order valence-corrected chi connectivity index (χ3v) is 5.93. The van der Waals surface area contributed by atoms with E-state index in [2.05, 4.69) is 34.3 Å². The Morgan fingerprint density at radius 3 is 2.52 bits per heavy atom. The average molecular weight is 371 g/mol. The molecule has 1 saturated carbocycles. The van der Waals surface area contributed by atoms with Crippen molar-refractivity contribution >= 4 is 17.4 Å². The van der Waals surface area contributed by atoms with Gasteiger partial charge in [0.05, 0.1) is 0 Å². The van der Waals surface area contributed by atoms with Gasteiger partial charge in [-0.15, -0.1) is 15.3 Å². The Balaban J connectivity index is 1.38. The topological polar surface area (TPSA) is 75.4 Å². The van der Waals surface area contributed by atoms with E-state index in [1.54, 1.807) is 0 Å². The summed E-state index contributed by atoms with van der Waals surface area (Å²) in [4.78, 5) is 14.9. The van der Waals surface area contributed by atoms with Crippen molar-refractivity contribution in [1.82, 2.24) is 25.1 Å². The van der Waals surface area contributed by atoms with Crippen LogP contribution < -0.4 is 10.2 Å². The van der Waals surface area contributed by atoms with Crippen LogP contribution in [-0.4, -0.2) is 44.8 Å². The molecule has 2 fully saturated rings. The molecule has 1 aliphatic heterocycles. The second kappa shape index (κ2) is 7.82. The van der Waals surface area contributed by atoms with Crippen molar-refractivity contribution in [3.05, 3.63) is 18.0 Å². The number of hydrogen-bond acceptors (Lipinski definition) is 5. The first kappa shape index (κ1) is 18.2. The second-order valence-electron chi connectivity index (χ2n) is 8.28. The Labute approximate surface area is 160 Å². The fraction of sp³-hybridized carbons (Fsp3) is 0.700. The summed E-state index contributed by atoms with van der Waals surface area (Å²) in [6.45, 7) is 5.92. The minimum absolute atomic E-state index is 0.132. The summed E-state index contributed by atoms with van der Waals surface area (Å²) in [6.07, 6.45) is 7.87. The summed E-state index contributed by atoms with van der Waals surface area (Å²) in [5.41, 5.74) is 0.782. The third kappa shape index (κ3) is 3.92. The van der Waals surface area contributed by atoms with Gasteiger partial charge in [0.25, 0.3) is 0 Å². The highest BCUT2D eigenvalue weighted by Crippen LogP contribution is 2.24. The Bertz CT molecular complexity index is 787. The molecule has 0 aromatic carbocycles. The van der Waals surface area contributed by atoms with E-state index in [1.807, 2.05) is 16.6 Å². The number of carbonyl (C=O) groups excluding carboxylic acids is 1. The predicted molar refractivity (Wildman–Crippen MR) is 105 cm³/mol. The number of aromatic nitrogens is 4. The maximum absolute atomic E-state index is 12.6. The summed E-state index contributed by atoms with van der Waals surface area (Å²) in [7, 11) is 0. The number of nitrogens with zero attached hydrogens (tertiary/aromatic N) is 5. The number of hydrogen-bond donors (Lipinski definition) is 1. The van der Waals surface area contributed by atoms with Gasteiger partial charge < -0.3 is 10.2 Å². The van der Waals surface area contributed by atoms with Crippen LogP contribution in [0.4, 0.5) is 5.82 Å². The lowest BCUT2D eigenvalue weighted by molar-refractivity contribution is -0.126. The van der Waals surface area contributed by atoms with Gasteiger partial charge in [0.15, 0.2) is 11.5 Å². The van der Waals surface area contributed by atoms with E-state index in [-0.39, 0.29) is 17.7 Å². The highest BCUT2D eigenvalue weighted by Gasteiger charge is 2.27. The smallest absolute Gasteiger partial charge is 0.223 e. The monoisotopic (exact) mass is 370 g/mol. The molecule has 2 aromatic heterocycles. The minimum Gasteiger partial charge on any atom is -0.355 e. The first-order valence-corrected chi connectivity index (χ1v) is 10.4. The fourth-order valence-electron chi connectivity index (χ4n) is 4.26. The van der Waals surface area contributed by atoms with E-state index in [0.29, 0.717) is 6.04 Å². The maximum Gasteiger partial charge on any atom is 0.223 e. The second-order valence-corrected chi connectivity index (χ2v) is 8.28. The molecular formula is C20H30N6O. The molecule has 4 rings (SSSR count). The van der Waals surface area contributed by atoms with Gasteiger partial charge in [-0.1, -0.05) is 33.1 Å². The number of anilines is 1. The highest BCUT2D eigenvalue weighted by molar-refractivity contribution is 5.79. The lowest BCUT2D eigenvalue weighted by Gasteiger charge is -2.33. The quantitative estimate of drug-likeness (QED) is 0.896. The molecular weight excluding hydrogens is 340 g/mol. The average Bonchev–Trinajstić information content (AvgIpc) is 3.12. The fourth-order valence-corrected chi connectivity index (χ4v) is 4.26. The van der Waals surface area contributed by atoms with Crippen LogP contribution in [0.15, 0.2) is 12.1 Å². The normalized spacial score (nSPS) is 19.7. The Morgan fingerprint density at radius 2 is 1.81 bits per heavy atom. The van der Waals surface area contributed by atoms with Gasteiger partial charge in [-0.25, -0.2) is 0 Å². The van der Waals surface area contributed by atoms with E-state index in [1.165, 1.54) is 19.3 Å². The molecule has 0 atom stereocenters. The van der Waals surface area contributed by atoms with Gasteiger partial charge in [0.1, 0.15) is 5.82 Å². The summed E-state index contributed by atoms with van der Waals surface area (Å²) in [6, 6.07) is 4.39. The van der Waals surface area contributed by atoms with Crippen LogP contribution in [0.25, 0.3) is 5.65 Å². The summed E-state index contributed by atoms with van der Waals surface area (Å²) in [5.74, 6) is 2.49. The van der Waals surface area contributed by atoms with Crippen LogP contribution in [0.3, 0.4) is 0 Å². The molecule has 1 amide bonds. The molecule has 27 heavy (non-hydrogen) atoms. The lowest BCUT2D eigenvalue weighted by atomic mass is 9.92. The lowest BCUT2D eigenvalue weighted by Crippen LogP contribution is -2.44. The van der Waals surface area contributed by atoms with Gasteiger partial charge in [-0.05, 0) is 37.8 Å². The molecule has 1 N–H and O–H groups in total. The standard InChI is InChI=1S/C20H30N6O/c1-14(2)19-23-22-17-8-9-18(24-26(17)19)25-12-10-15(11-13-25)20(27)21-16-6-4-3-5-7-16/h8-9,14-16H,3-7,10-13H2,1-2H3,(H,21,27). The Morgan fingerprint density at radius 1 is 1.07 bits per heavy atom. The number of nitrogens with one attached hydrogen (secondary N) is 1. The van der Waals surface area contributed by atoms with Crippen LogP contribution in [0.1, 0.15) is 70.5 Å². The zero-order valence-corrected chi connectivity index (χ0v) is 16.4. The van der Waals surface area contributed by atoms with E-state index in [9.17, 15) is 4.79 Å². The number of fused-ring (bicyclic) bond motifs is 1.